The van der Waals surface area contributed by atoms with Gasteiger partial charge >= 0.3 is 0 Å². The van der Waals surface area contributed by atoms with Gasteiger partial charge in [-0.25, -0.2) is 9.97 Å². The zero-order valence-corrected chi connectivity index (χ0v) is 35.0. The van der Waals surface area contributed by atoms with E-state index >= 15 is 0 Å². The average molecular weight is 817 g/mol. The number of hydrogen-bond donors (Lipinski definition) is 6. The van der Waals surface area contributed by atoms with E-state index < -0.39 is 24.0 Å². The molecule has 4 aromatic rings. The van der Waals surface area contributed by atoms with Crippen LogP contribution in [-0.4, -0.2) is 55.9 Å². The summed E-state index contributed by atoms with van der Waals surface area (Å²) < 4.78 is 0. The lowest BCUT2D eigenvalue weighted by molar-refractivity contribution is -0.118. The molecule has 2 aliphatic heterocycles. The number of amides is 4. The molecule has 2 aromatic carbocycles. The third-order valence-corrected chi connectivity index (χ3v) is 12.4. The maximum absolute atomic E-state index is 12.6. The van der Waals surface area contributed by atoms with E-state index in [9.17, 15) is 29.4 Å². The molecule has 0 unspecified atom stereocenters. The largest absolute Gasteiger partial charge is 0.387 e. The summed E-state index contributed by atoms with van der Waals surface area (Å²) in [5.41, 5.74) is 16.4. The molecule has 2 saturated carbocycles. The van der Waals surface area contributed by atoms with Gasteiger partial charge in [-0.05, 0) is 123 Å². The first-order chi connectivity index (χ1) is 28.5. The van der Waals surface area contributed by atoms with E-state index in [4.69, 9.17) is 11.5 Å². The molecule has 0 spiro atoms. The number of fused-ring (bicyclic) bond motifs is 2. The fourth-order valence-corrected chi connectivity index (χ4v) is 9.29. The molecule has 4 aliphatic rings. The molecule has 316 valence electrons. The van der Waals surface area contributed by atoms with Gasteiger partial charge in [0.05, 0.1) is 35.7 Å². The van der Waals surface area contributed by atoms with Crippen molar-refractivity contribution in [3.8, 4) is 0 Å². The highest BCUT2D eigenvalue weighted by atomic mass is 16.3. The Morgan fingerprint density at radius 2 is 1.00 bits per heavy atom. The Morgan fingerprint density at radius 3 is 1.30 bits per heavy atom. The summed E-state index contributed by atoms with van der Waals surface area (Å²) in [4.78, 5) is 61.8. The average Bonchev–Trinajstić information content (AvgIpc) is 4.15. The summed E-state index contributed by atoms with van der Waals surface area (Å²) in [6.45, 7) is 10.8. The standard InChI is InChI=1S/2C23H28N4O3/c2*1-12-21(26-20-6-4-5-18(25-20)13(2)28)17-11-16(23(24)30)9-10-19(17)27(14(3)29)22(12)15-7-8-15/h2*4-6,9-13,15,21-22,28H,7-8H2,1-3H3,(H2,24,30)(H,25,26)/t12-,13+,21-,22-;12-,13-,21-,22-/m11/s1. The number of aromatic nitrogens is 2. The molecule has 4 heterocycles. The number of anilines is 4. The zero-order chi connectivity index (χ0) is 43.2. The highest BCUT2D eigenvalue weighted by molar-refractivity contribution is 5.98. The van der Waals surface area contributed by atoms with Crippen molar-refractivity contribution in [2.24, 2.45) is 35.1 Å². The van der Waals surface area contributed by atoms with Gasteiger partial charge in [-0.1, -0.05) is 26.0 Å². The van der Waals surface area contributed by atoms with E-state index in [2.05, 4.69) is 34.4 Å². The maximum atomic E-state index is 12.6. The van der Waals surface area contributed by atoms with E-state index in [0.29, 0.717) is 46.0 Å². The topological polar surface area (TPSA) is 217 Å². The summed E-state index contributed by atoms with van der Waals surface area (Å²) >= 11 is 0. The molecule has 4 amide bonds. The van der Waals surface area contributed by atoms with E-state index in [1.54, 1.807) is 64.1 Å². The molecule has 0 bridgehead atoms. The SMILES string of the molecule is CC(=O)N1c2ccc(C(N)=O)cc2[C@H](Nc2cccc([C@@H](C)O)n2)[C@@H](C)[C@@H]1C1CC1.CC(=O)N1c2ccc(C(N)=O)cc2[C@H](Nc2cccc([C@H](C)O)n2)[C@@H](C)[C@@H]1C1CC1. The first kappa shape index (κ1) is 42.3. The molecule has 0 saturated heterocycles. The fourth-order valence-electron chi connectivity index (χ4n) is 9.29. The lowest BCUT2D eigenvalue weighted by Crippen LogP contribution is -2.51. The maximum Gasteiger partial charge on any atom is 0.248 e. The quantitative estimate of drug-likeness (QED) is 0.104. The lowest BCUT2D eigenvalue weighted by atomic mass is 9.79. The highest BCUT2D eigenvalue weighted by Crippen LogP contribution is 2.51. The monoisotopic (exact) mass is 816 g/mol. The first-order valence-corrected chi connectivity index (χ1v) is 20.9. The second kappa shape index (κ2) is 17.0. The number of aliphatic hydroxyl groups is 2. The van der Waals surface area contributed by atoms with Gasteiger partial charge in [0.15, 0.2) is 0 Å². The van der Waals surface area contributed by atoms with Gasteiger partial charge < -0.3 is 42.1 Å². The summed E-state index contributed by atoms with van der Waals surface area (Å²) in [6, 6.07) is 21.4. The minimum Gasteiger partial charge on any atom is -0.387 e. The predicted molar refractivity (Wildman–Crippen MR) is 230 cm³/mol. The number of rotatable bonds is 10. The van der Waals surface area contributed by atoms with Crippen LogP contribution in [-0.2, 0) is 9.59 Å². The zero-order valence-electron chi connectivity index (χ0n) is 35.0. The molecule has 2 aromatic heterocycles. The normalized spacial score (nSPS) is 24.1. The van der Waals surface area contributed by atoms with Crippen molar-refractivity contribution in [1.29, 1.82) is 0 Å². The molecule has 2 aliphatic carbocycles. The van der Waals surface area contributed by atoms with Crippen molar-refractivity contribution < 1.29 is 29.4 Å². The Bertz CT molecular complexity index is 2130. The summed E-state index contributed by atoms with van der Waals surface area (Å²) in [5, 5.41) is 26.8. The third kappa shape index (κ3) is 8.57. The van der Waals surface area contributed by atoms with Crippen molar-refractivity contribution in [1.82, 2.24) is 9.97 Å². The Hall–Kier alpha value is -5.86. The van der Waals surface area contributed by atoms with Gasteiger partial charge in [-0.15, -0.1) is 0 Å². The van der Waals surface area contributed by atoms with E-state index in [0.717, 1.165) is 48.2 Å². The van der Waals surface area contributed by atoms with Crippen molar-refractivity contribution >= 4 is 46.6 Å². The molecule has 8 atom stereocenters. The van der Waals surface area contributed by atoms with Gasteiger partial charge in [0.1, 0.15) is 11.6 Å². The summed E-state index contributed by atoms with van der Waals surface area (Å²) in [6.07, 6.45) is 3.09. The van der Waals surface area contributed by atoms with Gasteiger partial charge in [0.25, 0.3) is 0 Å². The van der Waals surface area contributed by atoms with Gasteiger partial charge in [-0.2, -0.15) is 0 Å². The number of nitrogens with zero attached hydrogens (tertiary/aromatic N) is 4. The number of nitrogens with one attached hydrogen (secondary N) is 2. The van der Waals surface area contributed by atoms with Crippen LogP contribution in [0.4, 0.5) is 23.0 Å². The molecule has 14 nitrogen and oxygen atoms in total. The van der Waals surface area contributed by atoms with Crippen molar-refractivity contribution in [3.05, 3.63) is 106 Å². The van der Waals surface area contributed by atoms with Gasteiger partial charge in [-0.3, -0.25) is 19.2 Å². The molecular formula is C46H56N8O6. The molecule has 8 N–H and O–H groups in total. The molecule has 2 fully saturated rings. The van der Waals surface area contributed by atoms with Crippen LogP contribution in [0.5, 0.6) is 0 Å². The first-order valence-electron chi connectivity index (χ1n) is 20.9. The van der Waals surface area contributed by atoms with Crippen molar-refractivity contribution in [2.75, 3.05) is 20.4 Å². The highest BCUT2D eigenvalue weighted by Gasteiger charge is 2.49. The molecule has 14 heteroatoms. The van der Waals surface area contributed by atoms with E-state index in [-0.39, 0.29) is 47.8 Å². The number of carbonyl (C=O) groups excluding carboxylic acids is 4. The predicted octanol–water partition coefficient (Wildman–Crippen LogP) is 6.34. The van der Waals surface area contributed by atoms with Crippen molar-refractivity contribution in [3.63, 3.8) is 0 Å². The molecular weight excluding hydrogens is 761 g/mol. The van der Waals surface area contributed by atoms with Crippen LogP contribution >= 0.6 is 0 Å². The number of hydrogen-bond acceptors (Lipinski definition) is 10. The Kier molecular flexibility index (Phi) is 12.0. The minimum absolute atomic E-state index is 0.000460. The van der Waals surface area contributed by atoms with Crippen LogP contribution < -0.4 is 31.9 Å². The summed E-state index contributed by atoms with van der Waals surface area (Å²) in [5.74, 6) is 1.40. The molecule has 60 heavy (non-hydrogen) atoms. The number of nitrogens with two attached hydrogens (primary N) is 2. The van der Waals surface area contributed by atoms with E-state index in [1.807, 2.05) is 46.2 Å². The molecule has 8 rings (SSSR count). The van der Waals surface area contributed by atoms with Crippen LogP contribution in [0.2, 0.25) is 0 Å². The number of pyridine rings is 2. The summed E-state index contributed by atoms with van der Waals surface area (Å²) in [7, 11) is 0. The van der Waals surface area contributed by atoms with Crippen LogP contribution in [0, 0.1) is 23.7 Å². The smallest absolute Gasteiger partial charge is 0.248 e. The second-order valence-electron chi connectivity index (χ2n) is 16.9. The van der Waals surface area contributed by atoms with Gasteiger partial charge in [0.2, 0.25) is 23.6 Å². The van der Waals surface area contributed by atoms with Gasteiger partial charge in [0, 0.05) is 60.3 Å². The number of aliphatic hydroxyl groups excluding tert-OH is 2. The number of benzene rings is 2. The van der Waals surface area contributed by atoms with Crippen LogP contribution in [0.25, 0.3) is 0 Å². The van der Waals surface area contributed by atoms with Crippen LogP contribution in [0.3, 0.4) is 0 Å². The second-order valence-corrected chi connectivity index (χ2v) is 16.9. The number of primary amides is 2. The Balaban J connectivity index is 0.000000181. The Morgan fingerprint density at radius 1 is 0.633 bits per heavy atom. The fraction of sp³-hybridized carbons (Fsp3) is 0.435. The minimum atomic E-state index is -0.670. The third-order valence-electron chi connectivity index (χ3n) is 12.4. The van der Waals surface area contributed by atoms with Crippen LogP contribution in [0.15, 0.2) is 72.8 Å². The molecule has 0 radical (unpaired) electrons. The number of carbonyl (C=O) groups is 4. The lowest BCUT2D eigenvalue weighted by Gasteiger charge is -2.46. The van der Waals surface area contributed by atoms with Crippen molar-refractivity contribution in [2.45, 2.75) is 104 Å². The van der Waals surface area contributed by atoms with Crippen LogP contribution in [0.1, 0.15) is 135 Å². The Labute approximate surface area is 350 Å². The van der Waals surface area contributed by atoms with E-state index in [1.165, 1.54) is 0 Å².